The van der Waals surface area contributed by atoms with E-state index in [9.17, 15) is 14.7 Å². The molecule has 21 heavy (non-hydrogen) atoms. The SMILES string of the molecule is O=C(Nc1c(Cl)cc(Cl)cc1C(=O)O)c1cncc(O)c1. The summed E-state index contributed by atoms with van der Waals surface area (Å²) < 4.78 is 0. The summed E-state index contributed by atoms with van der Waals surface area (Å²) in [5.41, 5.74) is -0.270. The van der Waals surface area contributed by atoms with Gasteiger partial charge in [0.1, 0.15) is 5.75 Å². The van der Waals surface area contributed by atoms with Crippen molar-refractivity contribution in [3.8, 4) is 5.75 Å². The summed E-state index contributed by atoms with van der Waals surface area (Å²) in [6.45, 7) is 0. The zero-order chi connectivity index (χ0) is 15.6. The predicted octanol–water partition coefficient (Wildman–Crippen LogP) is 3.04. The fourth-order valence-corrected chi connectivity index (χ4v) is 2.15. The minimum absolute atomic E-state index is 0.0126. The predicted molar refractivity (Wildman–Crippen MR) is 77.3 cm³/mol. The monoisotopic (exact) mass is 326 g/mol. The lowest BCUT2D eigenvalue weighted by atomic mass is 10.1. The van der Waals surface area contributed by atoms with Crippen molar-refractivity contribution in [2.24, 2.45) is 0 Å². The molecule has 8 heteroatoms. The van der Waals surface area contributed by atoms with E-state index in [0.29, 0.717) is 0 Å². The molecule has 1 aromatic carbocycles. The van der Waals surface area contributed by atoms with Gasteiger partial charge in [0, 0.05) is 11.2 Å². The first-order chi connectivity index (χ1) is 9.88. The third kappa shape index (κ3) is 3.42. The Hall–Kier alpha value is -2.31. The second kappa shape index (κ2) is 5.99. The van der Waals surface area contributed by atoms with Gasteiger partial charge in [0.15, 0.2) is 0 Å². The number of nitrogens with one attached hydrogen (secondary N) is 1. The van der Waals surface area contributed by atoms with Crippen LogP contribution in [0, 0.1) is 0 Å². The molecule has 108 valence electrons. The molecule has 3 N–H and O–H groups in total. The highest BCUT2D eigenvalue weighted by Crippen LogP contribution is 2.30. The van der Waals surface area contributed by atoms with Gasteiger partial charge in [-0.15, -0.1) is 0 Å². The number of aromatic nitrogens is 1. The van der Waals surface area contributed by atoms with Gasteiger partial charge in [-0.05, 0) is 18.2 Å². The van der Waals surface area contributed by atoms with Crippen LogP contribution in [0.5, 0.6) is 5.75 Å². The van der Waals surface area contributed by atoms with Gasteiger partial charge >= 0.3 is 5.97 Å². The van der Waals surface area contributed by atoms with E-state index in [1.165, 1.54) is 24.4 Å². The second-order valence-electron chi connectivity index (χ2n) is 4.00. The van der Waals surface area contributed by atoms with E-state index in [-0.39, 0.29) is 32.6 Å². The lowest BCUT2D eigenvalue weighted by Crippen LogP contribution is -2.15. The van der Waals surface area contributed by atoms with Crippen molar-refractivity contribution < 1.29 is 19.8 Å². The molecule has 0 saturated carbocycles. The number of nitrogens with zero attached hydrogens (tertiary/aromatic N) is 1. The first-order valence-electron chi connectivity index (χ1n) is 5.56. The normalized spacial score (nSPS) is 10.2. The van der Waals surface area contributed by atoms with Gasteiger partial charge in [0.25, 0.3) is 5.91 Å². The van der Waals surface area contributed by atoms with E-state index >= 15 is 0 Å². The van der Waals surface area contributed by atoms with Crippen molar-refractivity contribution in [1.82, 2.24) is 4.98 Å². The maximum atomic E-state index is 12.0. The summed E-state index contributed by atoms with van der Waals surface area (Å²) in [5.74, 6) is -2.14. The fourth-order valence-electron chi connectivity index (χ4n) is 1.61. The number of carbonyl (C=O) groups is 2. The number of carboxylic acid groups (broad SMARTS) is 1. The Balaban J connectivity index is 2.39. The van der Waals surface area contributed by atoms with Gasteiger partial charge in [-0.25, -0.2) is 4.79 Å². The Bertz CT molecular complexity index is 734. The average molecular weight is 327 g/mol. The van der Waals surface area contributed by atoms with Crippen LogP contribution in [0.3, 0.4) is 0 Å². The molecule has 2 aromatic rings. The number of benzene rings is 1. The molecule has 0 unspecified atom stereocenters. The molecular formula is C13H8Cl2N2O4. The molecule has 0 aliphatic carbocycles. The lowest BCUT2D eigenvalue weighted by Gasteiger charge is -2.11. The smallest absolute Gasteiger partial charge is 0.337 e. The molecule has 0 aliphatic heterocycles. The third-order valence-electron chi connectivity index (χ3n) is 2.51. The number of anilines is 1. The van der Waals surface area contributed by atoms with Gasteiger partial charge in [-0.3, -0.25) is 9.78 Å². The Morgan fingerprint density at radius 3 is 2.48 bits per heavy atom. The summed E-state index contributed by atoms with van der Waals surface area (Å²) in [4.78, 5) is 26.9. The summed E-state index contributed by atoms with van der Waals surface area (Å²) in [6.07, 6.45) is 2.38. The van der Waals surface area contributed by atoms with E-state index < -0.39 is 11.9 Å². The van der Waals surface area contributed by atoms with Gasteiger partial charge in [0.2, 0.25) is 0 Å². The number of carboxylic acids is 1. The van der Waals surface area contributed by atoms with Crippen LogP contribution < -0.4 is 5.32 Å². The topological polar surface area (TPSA) is 99.5 Å². The number of pyridine rings is 1. The molecule has 2 rings (SSSR count). The standard InChI is InChI=1S/C13H8Cl2N2O4/c14-7-2-9(13(20)21)11(10(15)3-7)17-12(19)6-1-8(18)5-16-4-6/h1-5,18H,(H,17,19)(H,20,21). The highest BCUT2D eigenvalue weighted by molar-refractivity contribution is 6.38. The number of hydrogen-bond donors (Lipinski definition) is 3. The Morgan fingerprint density at radius 2 is 1.86 bits per heavy atom. The van der Waals surface area contributed by atoms with E-state index in [1.807, 2.05) is 0 Å². The maximum absolute atomic E-state index is 12.0. The van der Waals surface area contributed by atoms with Crippen LogP contribution in [-0.2, 0) is 0 Å². The Morgan fingerprint density at radius 1 is 1.14 bits per heavy atom. The molecule has 0 aliphatic rings. The number of aromatic carboxylic acids is 1. The van der Waals surface area contributed by atoms with Crippen LogP contribution in [0.1, 0.15) is 20.7 Å². The minimum atomic E-state index is -1.29. The highest BCUT2D eigenvalue weighted by Gasteiger charge is 2.18. The lowest BCUT2D eigenvalue weighted by molar-refractivity contribution is 0.0698. The van der Waals surface area contributed by atoms with Crippen LogP contribution in [-0.4, -0.2) is 27.1 Å². The van der Waals surface area contributed by atoms with Crippen LogP contribution in [0.15, 0.2) is 30.6 Å². The van der Waals surface area contributed by atoms with Gasteiger partial charge in [-0.2, -0.15) is 0 Å². The van der Waals surface area contributed by atoms with Crippen LogP contribution >= 0.6 is 23.2 Å². The summed E-state index contributed by atoms with van der Waals surface area (Å²) in [7, 11) is 0. The first-order valence-corrected chi connectivity index (χ1v) is 6.32. The van der Waals surface area contributed by atoms with E-state index in [0.717, 1.165) is 6.20 Å². The molecule has 0 saturated heterocycles. The zero-order valence-corrected chi connectivity index (χ0v) is 11.8. The number of rotatable bonds is 3. The van der Waals surface area contributed by atoms with Crippen molar-refractivity contribution in [3.05, 3.63) is 51.8 Å². The van der Waals surface area contributed by atoms with E-state index in [1.54, 1.807) is 0 Å². The molecule has 0 bridgehead atoms. The van der Waals surface area contributed by atoms with Crippen molar-refractivity contribution >= 4 is 40.8 Å². The summed E-state index contributed by atoms with van der Waals surface area (Å²) >= 11 is 11.7. The van der Waals surface area contributed by atoms with Crippen molar-refractivity contribution in [1.29, 1.82) is 0 Å². The van der Waals surface area contributed by atoms with Crippen molar-refractivity contribution in [3.63, 3.8) is 0 Å². The minimum Gasteiger partial charge on any atom is -0.506 e. The summed E-state index contributed by atoms with van der Waals surface area (Å²) in [5, 5.41) is 20.9. The van der Waals surface area contributed by atoms with Crippen LogP contribution in [0.4, 0.5) is 5.69 Å². The number of aromatic hydroxyl groups is 1. The molecule has 0 fully saturated rings. The molecule has 6 nitrogen and oxygen atoms in total. The molecule has 1 aromatic heterocycles. The molecular weight excluding hydrogens is 319 g/mol. The number of halogens is 2. The first kappa shape index (κ1) is 15.1. The molecule has 0 spiro atoms. The van der Waals surface area contributed by atoms with Gasteiger partial charge in [0.05, 0.1) is 28.0 Å². The van der Waals surface area contributed by atoms with Crippen LogP contribution in [0.2, 0.25) is 10.0 Å². The second-order valence-corrected chi connectivity index (χ2v) is 4.84. The molecule has 1 amide bonds. The number of carbonyl (C=O) groups excluding carboxylic acids is 1. The summed E-state index contributed by atoms with van der Waals surface area (Å²) in [6, 6.07) is 3.67. The number of hydrogen-bond acceptors (Lipinski definition) is 4. The zero-order valence-electron chi connectivity index (χ0n) is 10.3. The van der Waals surface area contributed by atoms with Gasteiger partial charge in [-0.1, -0.05) is 23.2 Å². The van der Waals surface area contributed by atoms with Gasteiger partial charge < -0.3 is 15.5 Å². The Kier molecular flexibility index (Phi) is 4.30. The van der Waals surface area contributed by atoms with Crippen LogP contribution in [0.25, 0.3) is 0 Å². The molecule has 0 atom stereocenters. The van der Waals surface area contributed by atoms with E-state index in [4.69, 9.17) is 28.3 Å². The van der Waals surface area contributed by atoms with E-state index in [2.05, 4.69) is 10.3 Å². The largest absolute Gasteiger partial charge is 0.506 e. The average Bonchev–Trinajstić information content (AvgIpc) is 2.41. The third-order valence-corrected chi connectivity index (χ3v) is 3.03. The molecule has 0 radical (unpaired) electrons. The number of amides is 1. The Labute approximate surface area is 129 Å². The maximum Gasteiger partial charge on any atom is 0.337 e. The highest BCUT2D eigenvalue weighted by atomic mass is 35.5. The van der Waals surface area contributed by atoms with Crippen molar-refractivity contribution in [2.75, 3.05) is 5.32 Å². The fraction of sp³-hybridized carbons (Fsp3) is 0. The molecule has 1 heterocycles. The quantitative estimate of drug-likeness (QED) is 0.804. The van der Waals surface area contributed by atoms with Crippen molar-refractivity contribution in [2.45, 2.75) is 0 Å².